The minimum atomic E-state index is -5.43. The second-order valence-electron chi connectivity index (χ2n) is 7.71. The average Bonchev–Trinajstić information content (AvgIpc) is 2.86. The van der Waals surface area contributed by atoms with Crippen LogP contribution in [0.2, 0.25) is 0 Å². The van der Waals surface area contributed by atoms with Crippen molar-refractivity contribution in [3.8, 4) is 0 Å². The molecule has 0 spiro atoms. The molecule has 0 aromatic carbocycles. The fourth-order valence-electron chi connectivity index (χ4n) is 2.48. The van der Waals surface area contributed by atoms with Gasteiger partial charge in [-0.2, -0.15) is 4.98 Å². The minimum Gasteiger partial charge on any atom is -0.756 e. The molecule has 1 aromatic rings. The smallest absolute Gasteiger partial charge is 0.756 e. The topological polar surface area (TPSA) is 345 Å². The maximum Gasteiger partial charge on any atom is 1.00 e. The molecule has 2 unspecified atom stereocenters. The summed E-state index contributed by atoms with van der Waals surface area (Å²) >= 11 is 0. The van der Waals surface area contributed by atoms with Crippen molar-refractivity contribution in [2.75, 3.05) is 46.6 Å². The van der Waals surface area contributed by atoms with Crippen LogP contribution in [0, 0.1) is 0 Å². The molecular weight excluding hydrogens is 549 g/mol. The van der Waals surface area contributed by atoms with Gasteiger partial charge in [-0.05, 0) is 6.07 Å². The van der Waals surface area contributed by atoms with E-state index in [1.54, 1.807) is 21.1 Å². The van der Waals surface area contributed by atoms with Gasteiger partial charge in [0.15, 0.2) is 6.23 Å². The summed E-state index contributed by atoms with van der Waals surface area (Å²) in [5.74, 6) is -0.0793. The van der Waals surface area contributed by atoms with Gasteiger partial charge < -0.3 is 65.9 Å². The SMILES string of the molecule is C[N+](C)(C)CCOP(=O)([O-])OP(=O)([O-])OC[C@H]1O[C@@H](n2ccc(N)nc2=O)[C@H](O)[C@@H]1O.O.O.O.O.[Na+]. The number of hydrogen-bond acceptors (Lipinski definition) is 13. The van der Waals surface area contributed by atoms with E-state index in [0.717, 1.165) is 10.8 Å². The molecular formula is C14H33N4NaO15P2. The molecule has 12 N–H and O–H groups in total. The molecule has 1 fully saturated rings. The van der Waals surface area contributed by atoms with Crippen LogP contribution in [0.15, 0.2) is 17.1 Å². The maximum absolute atomic E-state index is 11.9. The van der Waals surface area contributed by atoms with Gasteiger partial charge in [0.25, 0.3) is 15.6 Å². The van der Waals surface area contributed by atoms with E-state index in [2.05, 4.69) is 18.3 Å². The van der Waals surface area contributed by atoms with E-state index >= 15 is 0 Å². The van der Waals surface area contributed by atoms with Crippen molar-refractivity contribution in [3.63, 3.8) is 0 Å². The first-order chi connectivity index (χ1) is 14.1. The average molecular weight is 582 g/mol. The third-order valence-corrected chi connectivity index (χ3v) is 6.64. The van der Waals surface area contributed by atoms with Crippen LogP contribution in [-0.2, 0) is 27.2 Å². The standard InChI is InChI=1S/C14H26N4O11P2.Na.4H2O/c1-18(2,3)6-7-26-30(22,23)29-31(24,25)27-8-9-11(19)12(20)13(28-9)17-5-4-10(15)16-14(17)21;;;;;/h4-5,9,11-13,19-20H,6-8H2,1-3H3,(H3-,15,16,21,22,23,24,25);;4*1H2/q;+1;;;;/p-1/t9-,11-,12-,13-;;;;;/m1...../s1. The molecule has 1 aliphatic rings. The second-order valence-corrected chi connectivity index (χ2v) is 10.7. The molecule has 6 atom stereocenters. The number of aliphatic hydroxyl groups is 2. The molecule has 2 heterocycles. The number of aromatic nitrogens is 2. The van der Waals surface area contributed by atoms with Gasteiger partial charge in [0.1, 0.15) is 37.3 Å². The predicted octanol–water partition coefficient (Wildman–Crippen LogP) is -9.16. The Kier molecular flexibility index (Phi) is 19.6. The number of phosphoric ester groups is 2. The summed E-state index contributed by atoms with van der Waals surface area (Å²) in [5.41, 5.74) is 4.50. The van der Waals surface area contributed by atoms with E-state index in [-0.39, 0.29) is 70.4 Å². The molecule has 0 amide bonds. The second kappa shape index (κ2) is 16.6. The zero-order valence-corrected chi connectivity index (χ0v) is 23.8. The van der Waals surface area contributed by atoms with Crippen LogP contribution in [0.1, 0.15) is 6.23 Å². The first-order valence-electron chi connectivity index (χ1n) is 8.89. The molecule has 0 saturated carbocycles. The van der Waals surface area contributed by atoms with Crippen LogP contribution < -0.4 is 50.8 Å². The van der Waals surface area contributed by atoms with Crippen molar-refractivity contribution in [1.82, 2.24) is 9.55 Å². The Labute approximate surface area is 227 Å². The minimum absolute atomic E-state index is 0. The Hall–Kier alpha value is -0.380. The number of nitrogens with zero attached hydrogens (tertiary/aromatic N) is 3. The number of ether oxygens (including phenoxy) is 1. The van der Waals surface area contributed by atoms with E-state index in [0.29, 0.717) is 4.48 Å². The van der Waals surface area contributed by atoms with Gasteiger partial charge in [-0.1, -0.05) is 0 Å². The molecule has 0 aliphatic carbocycles. The predicted molar refractivity (Wildman–Crippen MR) is 114 cm³/mol. The van der Waals surface area contributed by atoms with Gasteiger partial charge in [-0.25, -0.2) is 9.11 Å². The van der Waals surface area contributed by atoms with E-state index in [9.17, 15) is 33.9 Å². The van der Waals surface area contributed by atoms with Crippen LogP contribution in [0.4, 0.5) is 5.82 Å². The Morgan fingerprint density at radius 3 is 2.14 bits per heavy atom. The van der Waals surface area contributed by atoms with E-state index in [1.165, 1.54) is 6.07 Å². The summed E-state index contributed by atoms with van der Waals surface area (Å²) in [6, 6.07) is 1.25. The third-order valence-electron chi connectivity index (χ3n) is 4.07. The number of hydrogen-bond donors (Lipinski definition) is 3. The number of rotatable bonds is 10. The summed E-state index contributed by atoms with van der Waals surface area (Å²) in [7, 11) is -5.36. The van der Waals surface area contributed by atoms with Crippen LogP contribution in [0.3, 0.4) is 0 Å². The van der Waals surface area contributed by atoms with Gasteiger partial charge in [-0.3, -0.25) is 13.7 Å². The quantitative estimate of drug-likeness (QED) is 0.131. The Bertz CT molecular complexity index is 932. The van der Waals surface area contributed by atoms with Gasteiger partial charge in [-0.15, -0.1) is 0 Å². The molecule has 1 aromatic heterocycles. The van der Waals surface area contributed by atoms with Crippen LogP contribution in [0.25, 0.3) is 0 Å². The summed E-state index contributed by atoms with van der Waals surface area (Å²) in [6.07, 6.45) is -5.01. The number of anilines is 1. The Morgan fingerprint density at radius 2 is 1.64 bits per heavy atom. The number of nitrogen functional groups attached to an aromatic ring is 1. The Balaban J connectivity index is -0.00000102. The number of nitrogens with two attached hydrogens (primary N) is 1. The number of phosphoric acid groups is 2. The summed E-state index contributed by atoms with van der Waals surface area (Å²) in [5, 5.41) is 20.2. The molecule has 1 saturated heterocycles. The number of likely N-dealkylation sites (N-methyl/N-ethyl adjacent to an activating group) is 1. The van der Waals surface area contributed by atoms with Gasteiger partial charge in [0.05, 0.1) is 27.7 Å². The summed E-state index contributed by atoms with van der Waals surface area (Å²) in [6.45, 7) is -0.987. The van der Waals surface area contributed by atoms with Crippen LogP contribution in [0.5, 0.6) is 0 Å². The number of quaternary nitrogens is 1. The van der Waals surface area contributed by atoms with Crippen molar-refractivity contribution < 1.29 is 103 Å². The summed E-state index contributed by atoms with van der Waals surface area (Å²) < 4.78 is 42.9. The molecule has 2 rings (SSSR count). The van der Waals surface area contributed by atoms with Crippen molar-refractivity contribution in [1.29, 1.82) is 0 Å². The molecule has 22 heteroatoms. The van der Waals surface area contributed by atoms with E-state index < -0.39 is 52.5 Å². The number of aliphatic hydroxyl groups excluding tert-OH is 2. The zero-order valence-electron chi connectivity index (χ0n) is 20.0. The molecule has 0 radical (unpaired) electrons. The molecule has 0 bridgehead atoms. The first kappa shape index (κ1) is 42.7. The first-order valence-corrected chi connectivity index (χ1v) is 11.8. The zero-order chi connectivity index (χ0) is 23.6. The van der Waals surface area contributed by atoms with E-state index in [1.807, 2.05) is 0 Å². The Morgan fingerprint density at radius 1 is 1.11 bits per heavy atom. The molecule has 210 valence electrons. The van der Waals surface area contributed by atoms with Crippen LogP contribution in [-0.4, -0.2) is 105 Å². The van der Waals surface area contributed by atoms with Gasteiger partial charge in [0.2, 0.25) is 0 Å². The largest absolute Gasteiger partial charge is 1.00 e. The third kappa shape index (κ3) is 12.9. The monoisotopic (exact) mass is 582 g/mol. The normalized spacial score (nSPS) is 24.3. The molecule has 19 nitrogen and oxygen atoms in total. The van der Waals surface area contributed by atoms with Gasteiger partial charge in [0, 0.05) is 6.20 Å². The van der Waals surface area contributed by atoms with Crippen molar-refractivity contribution >= 4 is 21.5 Å². The van der Waals surface area contributed by atoms with Gasteiger partial charge >= 0.3 is 35.2 Å². The molecule has 36 heavy (non-hydrogen) atoms. The van der Waals surface area contributed by atoms with E-state index in [4.69, 9.17) is 10.5 Å². The van der Waals surface area contributed by atoms with Crippen LogP contribution >= 0.6 is 15.6 Å². The maximum atomic E-state index is 11.9. The van der Waals surface area contributed by atoms with Crippen molar-refractivity contribution in [2.45, 2.75) is 24.5 Å². The summed E-state index contributed by atoms with van der Waals surface area (Å²) in [4.78, 5) is 38.9. The molecule has 1 aliphatic heterocycles. The fourth-order valence-corrected chi connectivity index (χ4v) is 4.47. The van der Waals surface area contributed by atoms with Crippen molar-refractivity contribution in [3.05, 3.63) is 22.7 Å². The fraction of sp³-hybridized carbons (Fsp3) is 0.714. The van der Waals surface area contributed by atoms with Crippen molar-refractivity contribution in [2.24, 2.45) is 0 Å².